The summed E-state index contributed by atoms with van der Waals surface area (Å²) in [5, 5.41) is 10.9. The van der Waals surface area contributed by atoms with E-state index < -0.39 is 22.3 Å². The quantitative estimate of drug-likeness (QED) is 0.616. The summed E-state index contributed by atoms with van der Waals surface area (Å²) in [6, 6.07) is 2.73. The van der Waals surface area contributed by atoms with Crippen LogP contribution < -0.4 is 0 Å². The molecule has 1 saturated heterocycles. The third-order valence-electron chi connectivity index (χ3n) is 3.16. The van der Waals surface area contributed by atoms with Gasteiger partial charge in [0.25, 0.3) is 11.6 Å². The van der Waals surface area contributed by atoms with Crippen molar-refractivity contribution in [2.24, 2.45) is 0 Å². The molecule has 6 nitrogen and oxygen atoms in total. The summed E-state index contributed by atoms with van der Waals surface area (Å²) in [6.45, 7) is 0.943. The fourth-order valence-corrected chi connectivity index (χ4v) is 2.02. The van der Waals surface area contributed by atoms with E-state index in [-0.39, 0.29) is 11.6 Å². The predicted molar refractivity (Wildman–Crippen MR) is 64.4 cm³/mol. The number of nitro groups is 1. The summed E-state index contributed by atoms with van der Waals surface area (Å²) in [5.74, 6) is -1.24. The van der Waals surface area contributed by atoms with Crippen LogP contribution >= 0.6 is 0 Å². The molecule has 0 aliphatic carbocycles. The van der Waals surface area contributed by atoms with Gasteiger partial charge in [0.15, 0.2) is 0 Å². The van der Waals surface area contributed by atoms with E-state index in [4.69, 9.17) is 4.74 Å². The molecule has 0 N–H and O–H groups in total. The summed E-state index contributed by atoms with van der Waals surface area (Å²) in [5.41, 5.74) is -0.628. The molecule has 0 aromatic heterocycles. The highest BCUT2D eigenvalue weighted by Crippen LogP contribution is 2.23. The number of halogens is 1. The molecule has 1 atom stereocenters. The van der Waals surface area contributed by atoms with Gasteiger partial charge < -0.3 is 9.64 Å². The Morgan fingerprint density at radius 3 is 2.89 bits per heavy atom. The van der Waals surface area contributed by atoms with Crippen LogP contribution in [0.1, 0.15) is 16.8 Å². The van der Waals surface area contributed by atoms with E-state index in [1.54, 1.807) is 0 Å². The zero-order chi connectivity index (χ0) is 14.0. The van der Waals surface area contributed by atoms with Gasteiger partial charge in [0.05, 0.1) is 17.6 Å². The normalized spacial score (nSPS) is 18.3. The van der Waals surface area contributed by atoms with Gasteiger partial charge >= 0.3 is 0 Å². The summed E-state index contributed by atoms with van der Waals surface area (Å²) in [6.07, 6.45) is 0.672. The highest BCUT2D eigenvalue weighted by Gasteiger charge is 2.29. The number of carbonyl (C=O) groups excluding carboxylic acids is 1. The first kappa shape index (κ1) is 13.4. The van der Waals surface area contributed by atoms with Crippen LogP contribution in [-0.4, -0.2) is 42.0 Å². The van der Waals surface area contributed by atoms with Crippen LogP contribution in [0.15, 0.2) is 18.2 Å². The maximum atomic E-state index is 13.2. The average Bonchev–Trinajstić information content (AvgIpc) is 2.90. The molecule has 1 aromatic carbocycles. The number of hydrogen-bond donors (Lipinski definition) is 0. The maximum absolute atomic E-state index is 13.2. The van der Waals surface area contributed by atoms with Crippen molar-refractivity contribution in [1.82, 2.24) is 4.90 Å². The Morgan fingerprint density at radius 2 is 2.32 bits per heavy atom. The second-order valence-electron chi connectivity index (χ2n) is 4.35. The Morgan fingerprint density at radius 1 is 1.58 bits per heavy atom. The first-order valence-corrected chi connectivity index (χ1v) is 5.79. The minimum atomic E-state index is -0.689. The molecular formula is C12H13FN2O4. The van der Waals surface area contributed by atoms with E-state index in [0.29, 0.717) is 19.6 Å². The lowest BCUT2D eigenvalue weighted by atomic mass is 10.1. The van der Waals surface area contributed by atoms with Gasteiger partial charge in [-0.1, -0.05) is 0 Å². The van der Waals surface area contributed by atoms with Crippen LogP contribution in [0.3, 0.4) is 0 Å². The monoisotopic (exact) mass is 268 g/mol. The van der Waals surface area contributed by atoms with Crippen molar-refractivity contribution >= 4 is 11.6 Å². The molecule has 1 aliphatic rings. The van der Waals surface area contributed by atoms with Gasteiger partial charge in [-0.05, 0) is 18.6 Å². The molecule has 0 radical (unpaired) electrons. The molecule has 19 heavy (non-hydrogen) atoms. The second kappa shape index (κ2) is 5.31. The third-order valence-corrected chi connectivity index (χ3v) is 3.16. The highest BCUT2D eigenvalue weighted by molar-refractivity contribution is 5.98. The van der Waals surface area contributed by atoms with Gasteiger partial charge in [0, 0.05) is 19.7 Å². The number of carbonyl (C=O) groups is 1. The van der Waals surface area contributed by atoms with Gasteiger partial charge in [-0.2, -0.15) is 0 Å². The van der Waals surface area contributed by atoms with E-state index in [1.807, 2.05) is 0 Å². The summed E-state index contributed by atoms with van der Waals surface area (Å²) < 4.78 is 18.4. The molecule has 1 amide bonds. The summed E-state index contributed by atoms with van der Waals surface area (Å²) >= 11 is 0. The largest absolute Gasteiger partial charge is 0.379 e. The number of amides is 1. The molecular weight excluding hydrogens is 255 g/mol. The van der Waals surface area contributed by atoms with Crippen molar-refractivity contribution in [2.45, 2.75) is 12.5 Å². The second-order valence-corrected chi connectivity index (χ2v) is 4.35. The maximum Gasteiger partial charge on any atom is 0.282 e. The topological polar surface area (TPSA) is 72.7 Å². The lowest BCUT2D eigenvalue weighted by Gasteiger charge is -2.23. The Labute approximate surface area is 108 Å². The highest BCUT2D eigenvalue weighted by atomic mass is 19.1. The van der Waals surface area contributed by atoms with Crippen molar-refractivity contribution < 1.29 is 18.8 Å². The van der Waals surface area contributed by atoms with Crippen molar-refractivity contribution in [3.8, 4) is 0 Å². The van der Waals surface area contributed by atoms with Gasteiger partial charge in [0.1, 0.15) is 11.4 Å². The Bertz CT molecular complexity index is 514. The van der Waals surface area contributed by atoms with Gasteiger partial charge in [-0.25, -0.2) is 4.39 Å². The minimum Gasteiger partial charge on any atom is -0.379 e. The number of nitrogens with zero attached hydrogens (tertiary/aromatic N) is 2. The lowest BCUT2D eigenvalue weighted by Crippen LogP contribution is -2.37. The first-order chi connectivity index (χ1) is 9.00. The van der Waals surface area contributed by atoms with Crippen molar-refractivity contribution in [2.75, 3.05) is 20.3 Å². The molecule has 1 aromatic rings. The van der Waals surface area contributed by atoms with Crippen molar-refractivity contribution in [1.29, 1.82) is 0 Å². The van der Waals surface area contributed by atoms with Crippen LogP contribution in [-0.2, 0) is 4.74 Å². The number of ether oxygens (including phenoxy) is 1. The Kier molecular flexibility index (Phi) is 3.75. The van der Waals surface area contributed by atoms with Crippen LogP contribution in [0.25, 0.3) is 0 Å². The average molecular weight is 268 g/mol. The molecule has 102 valence electrons. The molecule has 1 heterocycles. The number of hydrogen-bond acceptors (Lipinski definition) is 4. The van der Waals surface area contributed by atoms with Crippen LogP contribution in [0.2, 0.25) is 0 Å². The zero-order valence-electron chi connectivity index (χ0n) is 10.3. The van der Waals surface area contributed by atoms with Gasteiger partial charge in [-0.3, -0.25) is 14.9 Å². The van der Waals surface area contributed by atoms with Crippen molar-refractivity contribution in [3.05, 3.63) is 39.7 Å². The summed E-state index contributed by atoms with van der Waals surface area (Å²) in [7, 11) is 1.54. The number of benzene rings is 1. The molecule has 7 heteroatoms. The number of likely N-dealkylation sites (N-methyl/N-ethyl adjacent to an activating group) is 1. The fraction of sp³-hybridized carbons (Fsp3) is 0.417. The molecule has 2 rings (SSSR count). The number of nitro benzene ring substituents is 1. The van der Waals surface area contributed by atoms with Crippen molar-refractivity contribution in [3.63, 3.8) is 0 Å². The SMILES string of the molecule is CN(C(=O)c1cc(F)ccc1[N+](=O)[O-])C1CCOC1. The zero-order valence-corrected chi connectivity index (χ0v) is 10.3. The van der Waals surface area contributed by atoms with Crippen LogP contribution in [0.4, 0.5) is 10.1 Å². The summed E-state index contributed by atoms with van der Waals surface area (Å²) in [4.78, 5) is 23.8. The lowest BCUT2D eigenvalue weighted by molar-refractivity contribution is -0.385. The number of rotatable bonds is 3. The first-order valence-electron chi connectivity index (χ1n) is 5.79. The van der Waals surface area contributed by atoms with E-state index in [9.17, 15) is 19.3 Å². The predicted octanol–water partition coefficient (Wildman–Crippen LogP) is 1.59. The molecule has 0 bridgehead atoms. The van der Waals surface area contributed by atoms with E-state index in [1.165, 1.54) is 11.9 Å². The standard InChI is InChI=1S/C12H13FN2O4/c1-14(9-4-5-19-7-9)12(16)10-6-8(13)2-3-11(10)15(17)18/h2-3,6,9H,4-5,7H2,1H3. The smallest absolute Gasteiger partial charge is 0.282 e. The molecule has 1 fully saturated rings. The fourth-order valence-electron chi connectivity index (χ4n) is 2.02. The van der Waals surface area contributed by atoms with E-state index >= 15 is 0 Å². The Hall–Kier alpha value is -2.02. The minimum absolute atomic E-state index is 0.129. The van der Waals surface area contributed by atoms with Crippen LogP contribution in [0.5, 0.6) is 0 Å². The van der Waals surface area contributed by atoms with E-state index in [2.05, 4.69) is 0 Å². The molecule has 0 saturated carbocycles. The molecule has 0 spiro atoms. The van der Waals surface area contributed by atoms with Gasteiger partial charge in [0.2, 0.25) is 0 Å². The molecule has 1 aliphatic heterocycles. The van der Waals surface area contributed by atoms with Gasteiger partial charge in [-0.15, -0.1) is 0 Å². The molecule has 1 unspecified atom stereocenters. The van der Waals surface area contributed by atoms with Crippen LogP contribution in [0, 0.1) is 15.9 Å². The Balaban J connectivity index is 2.31. The third kappa shape index (κ3) is 2.70. The van der Waals surface area contributed by atoms with E-state index in [0.717, 1.165) is 18.2 Å².